The fourth-order valence-electron chi connectivity index (χ4n) is 2.12. The molecule has 0 bridgehead atoms. The van der Waals surface area contributed by atoms with E-state index >= 15 is 0 Å². The van der Waals surface area contributed by atoms with Gasteiger partial charge in [0.25, 0.3) is 0 Å². The van der Waals surface area contributed by atoms with Crippen molar-refractivity contribution in [2.75, 3.05) is 0 Å². The molecule has 18 heavy (non-hydrogen) atoms. The zero-order chi connectivity index (χ0) is 12.5. The third-order valence-corrected chi connectivity index (χ3v) is 2.97. The van der Waals surface area contributed by atoms with Crippen LogP contribution >= 0.6 is 0 Å². The Morgan fingerprint density at radius 3 is 2.89 bits per heavy atom. The van der Waals surface area contributed by atoms with Crippen molar-refractivity contribution in [3.63, 3.8) is 0 Å². The summed E-state index contributed by atoms with van der Waals surface area (Å²) in [5, 5.41) is 0.782. The Balaban J connectivity index is 2.31. The molecule has 0 amide bonds. The summed E-state index contributed by atoms with van der Waals surface area (Å²) in [6, 6.07) is 9.37. The van der Waals surface area contributed by atoms with E-state index in [-0.39, 0.29) is 5.82 Å². The molecular formula is C15H11FN2. The van der Waals surface area contributed by atoms with Gasteiger partial charge in [0, 0.05) is 17.1 Å². The number of hydrogen-bond acceptors (Lipinski definition) is 1. The zero-order valence-corrected chi connectivity index (χ0v) is 9.65. The van der Waals surface area contributed by atoms with E-state index in [0.29, 0.717) is 5.65 Å². The highest BCUT2D eigenvalue weighted by atomic mass is 19.1. The summed E-state index contributed by atoms with van der Waals surface area (Å²) in [7, 11) is 0. The molecule has 88 valence electrons. The molecule has 0 radical (unpaired) electrons. The molecule has 1 aromatic carbocycles. The van der Waals surface area contributed by atoms with Gasteiger partial charge in [-0.05, 0) is 17.2 Å². The number of benzene rings is 1. The second kappa shape index (κ2) is 4.11. The van der Waals surface area contributed by atoms with Gasteiger partial charge in [0.15, 0.2) is 0 Å². The standard InChI is InChI=1S/C15H11FN2/c1-2-10-5-3-4-6-12(10)14-9-18-15-13(14)7-11(16)8-17-15/h2-9H,1H2,(H,17,18). The monoisotopic (exact) mass is 238 g/mol. The maximum absolute atomic E-state index is 13.3. The lowest BCUT2D eigenvalue weighted by molar-refractivity contribution is 0.624. The van der Waals surface area contributed by atoms with Gasteiger partial charge in [-0.15, -0.1) is 0 Å². The molecule has 2 aromatic heterocycles. The van der Waals surface area contributed by atoms with E-state index < -0.39 is 0 Å². The van der Waals surface area contributed by atoms with Crippen LogP contribution in [-0.4, -0.2) is 9.97 Å². The van der Waals surface area contributed by atoms with Crippen LogP contribution in [0.5, 0.6) is 0 Å². The Kier molecular flexibility index (Phi) is 2.45. The number of rotatable bonds is 2. The normalized spacial score (nSPS) is 10.7. The summed E-state index contributed by atoms with van der Waals surface area (Å²) in [5.41, 5.74) is 3.66. The van der Waals surface area contributed by atoms with E-state index in [1.54, 1.807) is 6.08 Å². The van der Waals surface area contributed by atoms with Gasteiger partial charge in [-0.3, -0.25) is 0 Å². The summed E-state index contributed by atoms with van der Waals surface area (Å²) < 4.78 is 13.3. The predicted octanol–water partition coefficient (Wildman–Crippen LogP) is 4.01. The van der Waals surface area contributed by atoms with Crippen LogP contribution in [0.15, 0.2) is 49.3 Å². The Labute approximate surface area is 104 Å². The van der Waals surface area contributed by atoms with Crippen molar-refractivity contribution in [3.05, 3.63) is 60.7 Å². The van der Waals surface area contributed by atoms with Crippen molar-refractivity contribution < 1.29 is 4.39 Å². The topological polar surface area (TPSA) is 28.7 Å². The minimum atomic E-state index is -0.334. The van der Waals surface area contributed by atoms with E-state index in [2.05, 4.69) is 16.5 Å². The van der Waals surface area contributed by atoms with Gasteiger partial charge in [0.05, 0.1) is 6.20 Å². The van der Waals surface area contributed by atoms with Gasteiger partial charge in [0.1, 0.15) is 11.5 Å². The second-order valence-corrected chi connectivity index (χ2v) is 4.04. The highest BCUT2D eigenvalue weighted by Gasteiger charge is 2.10. The molecule has 0 aliphatic rings. The van der Waals surface area contributed by atoms with Gasteiger partial charge < -0.3 is 4.98 Å². The van der Waals surface area contributed by atoms with Gasteiger partial charge >= 0.3 is 0 Å². The third-order valence-electron chi connectivity index (χ3n) is 2.97. The summed E-state index contributed by atoms with van der Waals surface area (Å²) >= 11 is 0. The quantitative estimate of drug-likeness (QED) is 0.717. The van der Waals surface area contributed by atoms with Gasteiger partial charge in [-0.25, -0.2) is 9.37 Å². The van der Waals surface area contributed by atoms with Crippen molar-refractivity contribution in [1.29, 1.82) is 0 Å². The SMILES string of the molecule is C=Cc1ccccc1-c1c[nH]c2ncc(F)cc12. The first-order valence-electron chi connectivity index (χ1n) is 5.64. The van der Waals surface area contributed by atoms with Gasteiger partial charge in [-0.2, -0.15) is 0 Å². The van der Waals surface area contributed by atoms with Crippen molar-refractivity contribution in [2.45, 2.75) is 0 Å². The highest BCUT2D eigenvalue weighted by Crippen LogP contribution is 2.30. The maximum atomic E-state index is 13.3. The summed E-state index contributed by atoms with van der Waals surface area (Å²) in [5.74, 6) is -0.334. The molecule has 2 nitrogen and oxygen atoms in total. The molecule has 1 N–H and O–H groups in total. The zero-order valence-electron chi connectivity index (χ0n) is 9.65. The average molecular weight is 238 g/mol. The van der Waals surface area contributed by atoms with Crippen molar-refractivity contribution in [1.82, 2.24) is 9.97 Å². The Morgan fingerprint density at radius 1 is 1.22 bits per heavy atom. The molecule has 0 saturated carbocycles. The molecule has 0 aliphatic carbocycles. The van der Waals surface area contributed by atoms with Crippen molar-refractivity contribution in [3.8, 4) is 11.1 Å². The summed E-state index contributed by atoms with van der Waals surface area (Å²) in [6.45, 7) is 3.80. The first-order chi connectivity index (χ1) is 8.79. The fraction of sp³-hybridized carbons (Fsp3) is 0. The number of nitrogens with zero attached hydrogens (tertiary/aromatic N) is 1. The maximum Gasteiger partial charge on any atom is 0.142 e. The molecule has 0 saturated heterocycles. The largest absolute Gasteiger partial charge is 0.346 e. The van der Waals surface area contributed by atoms with E-state index in [1.165, 1.54) is 12.3 Å². The lowest BCUT2D eigenvalue weighted by Gasteiger charge is -2.04. The van der Waals surface area contributed by atoms with Crippen LogP contribution in [-0.2, 0) is 0 Å². The van der Waals surface area contributed by atoms with Gasteiger partial charge in [0.2, 0.25) is 0 Å². The van der Waals surface area contributed by atoms with E-state index in [1.807, 2.05) is 30.5 Å². The number of H-pyrrole nitrogens is 1. The van der Waals surface area contributed by atoms with Gasteiger partial charge in [-0.1, -0.05) is 36.9 Å². The van der Waals surface area contributed by atoms with E-state index in [9.17, 15) is 4.39 Å². The summed E-state index contributed by atoms with van der Waals surface area (Å²) in [4.78, 5) is 7.08. The van der Waals surface area contributed by atoms with Crippen LogP contribution in [0.4, 0.5) is 4.39 Å². The number of pyridine rings is 1. The van der Waals surface area contributed by atoms with Crippen molar-refractivity contribution >= 4 is 17.1 Å². The Bertz CT molecular complexity index is 728. The molecule has 2 heterocycles. The number of hydrogen-bond donors (Lipinski definition) is 1. The Hall–Kier alpha value is -2.42. The molecule has 0 spiro atoms. The number of aromatic nitrogens is 2. The lowest BCUT2D eigenvalue weighted by Crippen LogP contribution is -1.83. The summed E-state index contributed by atoms with van der Waals surface area (Å²) in [6.07, 6.45) is 4.85. The lowest BCUT2D eigenvalue weighted by atomic mass is 10.00. The number of halogens is 1. The predicted molar refractivity (Wildman–Crippen MR) is 71.6 cm³/mol. The molecule has 3 aromatic rings. The molecule has 0 atom stereocenters. The van der Waals surface area contributed by atoms with E-state index in [4.69, 9.17) is 0 Å². The van der Waals surface area contributed by atoms with Crippen LogP contribution in [0.25, 0.3) is 28.2 Å². The number of fused-ring (bicyclic) bond motifs is 1. The minimum Gasteiger partial charge on any atom is -0.346 e. The first-order valence-corrected chi connectivity index (χ1v) is 5.64. The smallest absolute Gasteiger partial charge is 0.142 e. The molecular weight excluding hydrogens is 227 g/mol. The second-order valence-electron chi connectivity index (χ2n) is 4.04. The number of nitrogens with one attached hydrogen (secondary N) is 1. The van der Waals surface area contributed by atoms with Crippen LogP contribution in [0.3, 0.4) is 0 Å². The minimum absolute atomic E-state index is 0.334. The molecule has 0 unspecified atom stereocenters. The molecule has 0 aliphatic heterocycles. The fourth-order valence-corrected chi connectivity index (χ4v) is 2.12. The number of aromatic amines is 1. The third kappa shape index (κ3) is 1.61. The van der Waals surface area contributed by atoms with Crippen LogP contribution < -0.4 is 0 Å². The highest BCUT2D eigenvalue weighted by molar-refractivity contribution is 5.95. The van der Waals surface area contributed by atoms with Crippen LogP contribution in [0, 0.1) is 5.82 Å². The van der Waals surface area contributed by atoms with Crippen LogP contribution in [0.2, 0.25) is 0 Å². The molecule has 3 rings (SSSR count). The van der Waals surface area contributed by atoms with E-state index in [0.717, 1.165) is 22.1 Å². The van der Waals surface area contributed by atoms with Crippen molar-refractivity contribution in [2.24, 2.45) is 0 Å². The molecule has 3 heteroatoms. The first kappa shape index (κ1) is 10.7. The Morgan fingerprint density at radius 2 is 2.06 bits per heavy atom. The average Bonchev–Trinajstić information content (AvgIpc) is 2.81. The van der Waals surface area contributed by atoms with Crippen LogP contribution in [0.1, 0.15) is 5.56 Å². The molecule has 0 fully saturated rings.